The van der Waals surface area contributed by atoms with Gasteiger partial charge in [0.15, 0.2) is 5.82 Å². The number of hydrogen-bond acceptors (Lipinski definition) is 4. The maximum atomic E-state index is 9.49. The van der Waals surface area contributed by atoms with E-state index in [2.05, 4.69) is 39.8 Å². The summed E-state index contributed by atoms with van der Waals surface area (Å²) in [7, 11) is 0. The number of aromatic nitrogens is 3. The Hall–Kier alpha value is -2.15. The SMILES string of the molecule is C=C(NCc1ccc[n+](O)c1)n1ncc(Br)c1/N=C(\C)C1CCCCC1. The van der Waals surface area contributed by atoms with E-state index in [-0.39, 0.29) is 0 Å². The van der Waals surface area contributed by atoms with Gasteiger partial charge in [-0.25, -0.2) is 4.99 Å². The van der Waals surface area contributed by atoms with Gasteiger partial charge in [0.2, 0.25) is 12.4 Å². The molecule has 2 N–H and O–H groups in total. The molecule has 2 aromatic rings. The van der Waals surface area contributed by atoms with Crippen molar-refractivity contribution in [2.45, 2.75) is 45.6 Å². The first-order valence-corrected chi connectivity index (χ1v) is 9.75. The van der Waals surface area contributed by atoms with Crippen molar-refractivity contribution in [2.75, 3.05) is 0 Å². The topological polar surface area (TPSA) is 66.3 Å². The van der Waals surface area contributed by atoms with Crippen LogP contribution in [0.4, 0.5) is 5.82 Å². The lowest BCUT2D eigenvalue weighted by Gasteiger charge is -2.21. The molecule has 0 atom stereocenters. The molecule has 0 saturated heterocycles. The molecular weight excluding hydrogens is 394 g/mol. The Labute approximate surface area is 162 Å². The zero-order valence-electron chi connectivity index (χ0n) is 15.0. The molecule has 7 heteroatoms. The van der Waals surface area contributed by atoms with Crippen molar-refractivity contribution < 1.29 is 9.94 Å². The fraction of sp³-hybridized carbons (Fsp3) is 0.421. The molecule has 3 rings (SSSR count). The Morgan fingerprint density at radius 3 is 2.96 bits per heavy atom. The molecule has 1 aliphatic carbocycles. The van der Waals surface area contributed by atoms with Crippen LogP contribution in [0.25, 0.3) is 5.82 Å². The van der Waals surface area contributed by atoms with Gasteiger partial charge in [-0.15, -0.1) is 0 Å². The quantitative estimate of drug-likeness (QED) is 0.422. The molecule has 2 aromatic heterocycles. The fourth-order valence-electron chi connectivity index (χ4n) is 3.29. The standard InChI is InChI=1S/C19H25BrN5O/c1-14(17-8-4-3-5-9-17)23-19-18(20)12-22-25(19)15(2)21-11-16-7-6-10-24(26)13-16/h6-7,10,12-13,17,21,26H,2-5,8-9,11H2,1H3/q+1/b23-14+. The van der Waals surface area contributed by atoms with E-state index in [1.807, 2.05) is 6.07 Å². The van der Waals surface area contributed by atoms with Gasteiger partial charge in [-0.2, -0.15) is 9.78 Å². The molecule has 1 fully saturated rings. The molecule has 0 radical (unpaired) electrons. The van der Waals surface area contributed by atoms with Crippen LogP contribution in [0.3, 0.4) is 0 Å². The third-order valence-corrected chi connectivity index (χ3v) is 5.34. The van der Waals surface area contributed by atoms with Crippen LogP contribution in [-0.4, -0.2) is 20.7 Å². The van der Waals surface area contributed by atoms with Gasteiger partial charge in [0.1, 0.15) is 5.82 Å². The predicted molar refractivity (Wildman–Crippen MR) is 105 cm³/mol. The highest BCUT2D eigenvalue weighted by Gasteiger charge is 2.18. The van der Waals surface area contributed by atoms with Gasteiger partial charge in [0, 0.05) is 28.6 Å². The van der Waals surface area contributed by atoms with Crippen LogP contribution in [-0.2, 0) is 6.54 Å². The minimum Gasteiger partial charge on any atom is -0.366 e. The summed E-state index contributed by atoms with van der Waals surface area (Å²) in [5, 5.41) is 17.1. The van der Waals surface area contributed by atoms with Crippen LogP contribution in [0.2, 0.25) is 0 Å². The maximum Gasteiger partial charge on any atom is 0.227 e. The average Bonchev–Trinajstić information content (AvgIpc) is 3.01. The summed E-state index contributed by atoms with van der Waals surface area (Å²) in [5.74, 6) is 1.96. The van der Waals surface area contributed by atoms with E-state index < -0.39 is 0 Å². The molecule has 138 valence electrons. The first kappa shape index (κ1) is 18.6. The Bertz CT molecular complexity index is 808. The third-order valence-electron chi connectivity index (χ3n) is 4.78. The smallest absolute Gasteiger partial charge is 0.227 e. The van der Waals surface area contributed by atoms with Crippen molar-refractivity contribution in [3.05, 3.63) is 47.3 Å². The Morgan fingerprint density at radius 1 is 1.46 bits per heavy atom. The van der Waals surface area contributed by atoms with Gasteiger partial charge in [0.05, 0.1) is 10.7 Å². The van der Waals surface area contributed by atoms with Crippen molar-refractivity contribution in [3.63, 3.8) is 0 Å². The minimum atomic E-state index is 0.530. The second-order valence-corrected chi connectivity index (χ2v) is 7.56. The zero-order valence-corrected chi connectivity index (χ0v) is 16.6. The molecule has 2 heterocycles. The zero-order chi connectivity index (χ0) is 18.5. The molecular formula is C19H25BrN5O+. The first-order chi connectivity index (χ1) is 12.5. The fourth-order valence-corrected chi connectivity index (χ4v) is 3.64. The number of rotatable bonds is 6. The number of nitrogens with one attached hydrogen (secondary N) is 1. The van der Waals surface area contributed by atoms with Crippen molar-refractivity contribution in [1.29, 1.82) is 0 Å². The van der Waals surface area contributed by atoms with Crippen LogP contribution < -0.4 is 10.0 Å². The van der Waals surface area contributed by atoms with Crippen LogP contribution >= 0.6 is 15.9 Å². The highest BCUT2D eigenvalue weighted by Crippen LogP contribution is 2.30. The highest BCUT2D eigenvalue weighted by molar-refractivity contribution is 9.10. The predicted octanol–water partition coefficient (Wildman–Crippen LogP) is 4.06. The Balaban J connectivity index is 1.73. The maximum absolute atomic E-state index is 9.49. The summed E-state index contributed by atoms with van der Waals surface area (Å²) in [6, 6.07) is 3.71. The summed E-state index contributed by atoms with van der Waals surface area (Å²) < 4.78 is 3.60. The highest BCUT2D eigenvalue weighted by atomic mass is 79.9. The molecule has 1 aliphatic rings. The summed E-state index contributed by atoms with van der Waals surface area (Å²) in [5.41, 5.74) is 2.09. The number of aliphatic imine (C=N–C) groups is 1. The third kappa shape index (κ3) is 4.52. The average molecular weight is 419 g/mol. The Morgan fingerprint density at radius 2 is 2.23 bits per heavy atom. The lowest BCUT2D eigenvalue weighted by Crippen LogP contribution is -2.29. The molecule has 0 aromatic carbocycles. The first-order valence-electron chi connectivity index (χ1n) is 8.96. The van der Waals surface area contributed by atoms with E-state index in [1.165, 1.54) is 32.1 Å². The van der Waals surface area contributed by atoms with Crippen molar-refractivity contribution >= 4 is 33.3 Å². The van der Waals surface area contributed by atoms with Gasteiger partial charge in [-0.05, 0) is 47.7 Å². The second-order valence-electron chi connectivity index (χ2n) is 6.71. The molecule has 0 unspecified atom stereocenters. The molecule has 0 bridgehead atoms. The van der Waals surface area contributed by atoms with Crippen LogP contribution in [0.15, 0.2) is 46.8 Å². The lowest BCUT2D eigenvalue weighted by atomic mass is 9.86. The minimum absolute atomic E-state index is 0.530. The van der Waals surface area contributed by atoms with Gasteiger partial charge < -0.3 is 5.32 Å². The molecule has 1 saturated carbocycles. The lowest BCUT2D eigenvalue weighted by molar-refractivity contribution is -0.905. The summed E-state index contributed by atoms with van der Waals surface area (Å²) in [4.78, 5) is 4.86. The van der Waals surface area contributed by atoms with Crippen LogP contribution in [0.5, 0.6) is 0 Å². The largest absolute Gasteiger partial charge is 0.366 e. The van der Waals surface area contributed by atoms with E-state index in [1.54, 1.807) is 29.3 Å². The van der Waals surface area contributed by atoms with Crippen molar-refractivity contribution in [3.8, 4) is 0 Å². The van der Waals surface area contributed by atoms with Crippen molar-refractivity contribution in [1.82, 2.24) is 15.1 Å². The van der Waals surface area contributed by atoms with Gasteiger partial charge in [0.25, 0.3) is 0 Å². The van der Waals surface area contributed by atoms with E-state index >= 15 is 0 Å². The molecule has 0 amide bonds. The number of pyridine rings is 1. The van der Waals surface area contributed by atoms with Crippen LogP contribution in [0, 0.1) is 5.92 Å². The van der Waals surface area contributed by atoms with Gasteiger partial charge >= 0.3 is 0 Å². The summed E-state index contributed by atoms with van der Waals surface area (Å²) >= 11 is 3.55. The normalized spacial score (nSPS) is 15.8. The van der Waals surface area contributed by atoms with E-state index in [4.69, 9.17) is 4.99 Å². The van der Waals surface area contributed by atoms with Gasteiger partial charge in [-0.1, -0.05) is 25.8 Å². The summed E-state index contributed by atoms with van der Waals surface area (Å²) in [6.07, 6.45) is 11.3. The monoisotopic (exact) mass is 418 g/mol. The number of halogens is 1. The van der Waals surface area contributed by atoms with Gasteiger partial charge in [-0.3, -0.25) is 5.21 Å². The Kier molecular flexibility index (Phi) is 6.08. The summed E-state index contributed by atoms with van der Waals surface area (Å²) in [6.45, 7) is 6.73. The molecule has 26 heavy (non-hydrogen) atoms. The van der Waals surface area contributed by atoms with Crippen molar-refractivity contribution in [2.24, 2.45) is 10.9 Å². The molecule has 0 spiro atoms. The van der Waals surface area contributed by atoms with E-state index in [0.717, 1.165) is 26.3 Å². The van der Waals surface area contributed by atoms with E-state index in [9.17, 15) is 5.21 Å². The van der Waals surface area contributed by atoms with Crippen LogP contribution in [0.1, 0.15) is 44.6 Å². The van der Waals surface area contributed by atoms with E-state index in [0.29, 0.717) is 18.3 Å². The second kappa shape index (κ2) is 8.49. The number of hydrogen-bond donors (Lipinski definition) is 2. The molecule has 0 aliphatic heterocycles. The number of nitrogens with zero attached hydrogens (tertiary/aromatic N) is 4. The molecule has 6 nitrogen and oxygen atoms in total.